The number of likely N-dealkylation sites (tertiary alicyclic amines) is 1. The minimum atomic E-state index is -1.01. The highest BCUT2D eigenvalue weighted by atomic mass is 32.1. The van der Waals surface area contributed by atoms with Crippen molar-refractivity contribution in [3.05, 3.63) is 64.1 Å². The summed E-state index contributed by atoms with van der Waals surface area (Å²) in [6.07, 6.45) is 9.08. The number of piperidine rings is 1. The fourth-order valence-corrected chi connectivity index (χ4v) is 4.36. The number of carbonyl (C=O) groups excluding carboxylic acids is 1. The van der Waals surface area contributed by atoms with Crippen LogP contribution in [0.15, 0.2) is 48.7 Å². The molecule has 0 spiro atoms. The summed E-state index contributed by atoms with van der Waals surface area (Å²) in [7, 11) is 0. The molecule has 1 aliphatic heterocycles. The molecule has 2 atom stereocenters. The minimum Gasteiger partial charge on any atom is -0.476 e. The van der Waals surface area contributed by atoms with E-state index in [4.69, 9.17) is 5.11 Å². The van der Waals surface area contributed by atoms with Crippen LogP contribution in [0.25, 0.3) is 0 Å². The Bertz CT molecular complexity index is 850. The van der Waals surface area contributed by atoms with Crippen LogP contribution in [0, 0.1) is 0 Å². The SMILES string of the molecule is O=C(O)c1ncc(CCCN2C(=O)CCC[C@@H]2/C=C/[C@H](O)Cc2ccccc2)s1. The number of aromatic nitrogens is 1. The molecule has 7 heteroatoms. The molecule has 1 fully saturated rings. The number of aromatic carboxylic acids is 1. The molecule has 2 aromatic rings. The molecule has 1 saturated heterocycles. The molecule has 2 heterocycles. The van der Waals surface area contributed by atoms with Gasteiger partial charge in [0.2, 0.25) is 10.9 Å². The van der Waals surface area contributed by atoms with E-state index < -0.39 is 12.1 Å². The zero-order valence-electron chi connectivity index (χ0n) is 16.2. The molecule has 1 aromatic heterocycles. The van der Waals surface area contributed by atoms with E-state index in [0.717, 1.165) is 29.7 Å². The van der Waals surface area contributed by atoms with E-state index in [-0.39, 0.29) is 17.0 Å². The van der Waals surface area contributed by atoms with Gasteiger partial charge in [0.1, 0.15) is 0 Å². The maximum atomic E-state index is 12.4. The number of rotatable bonds is 9. The number of hydrogen-bond donors (Lipinski definition) is 2. The van der Waals surface area contributed by atoms with Gasteiger partial charge >= 0.3 is 5.97 Å². The lowest BCUT2D eigenvalue weighted by atomic mass is 9.99. The molecule has 0 aliphatic carbocycles. The molecule has 0 unspecified atom stereocenters. The van der Waals surface area contributed by atoms with Crippen molar-refractivity contribution >= 4 is 23.2 Å². The fourth-order valence-electron chi connectivity index (χ4n) is 3.56. The van der Waals surface area contributed by atoms with Crippen LogP contribution in [-0.4, -0.2) is 50.7 Å². The van der Waals surface area contributed by atoms with E-state index in [0.29, 0.717) is 25.8 Å². The average Bonchev–Trinajstić information content (AvgIpc) is 3.18. The molecule has 1 aromatic carbocycles. The van der Waals surface area contributed by atoms with E-state index in [1.807, 2.05) is 41.3 Å². The number of amides is 1. The molecule has 1 amide bonds. The Kier molecular flexibility index (Phi) is 7.55. The van der Waals surface area contributed by atoms with Gasteiger partial charge in [0.25, 0.3) is 0 Å². The van der Waals surface area contributed by atoms with Crippen molar-refractivity contribution in [1.29, 1.82) is 0 Å². The number of thiazole rings is 1. The predicted molar refractivity (Wildman–Crippen MR) is 112 cm³/mol. The Morgan fingerprint density at radius 3 is 2.86 bits per heavy atom. The normalized spacial score (nSPS) is 18.3. The lowest BCUT2D eigenvalue weighted by molar-refractivity contribution is -0.135. The van der Waals surface area contributed by atoms with Crippen molar-refractivity contribution in [2.24, 2.45) is 0 Å². The Morgan fingerprint density at radius 1 is 1.34 bits per heavy atom. The monoisotopic (exact) mass is 414 g/mol. The largest absolute Gasteiger partial charge is 0.476 e. The van der Waals surface area contributed by atoms with Crippen molar-refractivity contribution in [3.63, 3.8) is 0 Å². The molecule has 3 rings (SSSR count). The number of benzene rings is 1. The van der Waals surface area contributed by atoms with Crippen molar-refractivity contribution in [3.8, 4) is 0 Å². The van der Waals surface area contributed by atoms with Gasteiger partial charge in [-0.3, -0.25) is 4.79 Å². The summed E-state index contributed by atoms with van der Waals surface area (Å²) in [5.41, 5.74) is 1.08. The zero-order chi connectivity index (χ0) is 20.6. The number of carbonyl (C=O) groups is 2. The first-order chi connectivity index (χ1) is 14.0. The van der Waals surface area contributed by atoms with Gasteiger partial charge < -0.3 is 15.1 Å². The number of nitrogens with zero attached hydrogens (tertiary/aromatic N) is 2. The van der Waals surface area contributed by atoms with Gasteiger partial charge in [-0.2, -0.15) is 0 Å². The molecular weight excluding hydrogens is 388 g/mol. The van der Waals surface area contributed by atoms with Crippen LogP contribution in [0.1, 0.15) is 45.9 Å². The highest BCUT2D eigenvalue weighted by Gasteiger charge is 2.26. The Hall–Kier alpha value is -2.51. The number of aliphatic hydroxyl groups is 1. The summed E-state index contributed by atoms with van der Waals surface area (Å²) in [5.74, 6) is -0.870. The van der Waals surface area contributed by atoms with E-state index in [1.54, 1.807) is 12.3 Å². The van der Waals surface area contributed by atoms with Gasteiger partial charge in [-0.25, -0.2) is 9.78 Å². The molecule has 6 nitrogen and oxygen atoms in total. The van der Waals surface area contributed by atoms with Crippen LogP contribution >= 0.6 is 11.3 Å². The summed E-state index contributed by atoms with van der Waals surface area (Å²) in [6, 6.07) is 9.83. The van der Waals surface area contributed by atoms with Gasteiger partial charge in [0.15, 0.2) is 0 Å². The van der Waals surface area contributed by atoms with Gasteiger partial charge in [0.05, 0.1) is 12.1 Å². The Labute approximate surface area is 174 Å². The minimum absolute atomic E-state index is 0.00212. The summed E-state index contributed by atoms with van der Waals surface area (Å²) < 4.78 is 0. The van der Waals surface area contributed by atoms with Crippen LogP contribution < -0.4 is 0 Å². The third-order valence-corrected chi connectivity index (χ3v) is 6.06. The molecule has 1 aliphatic rings. The summed E-state index contributed by atoms with van der Waals surface area (Å²) >= 11 is 1.18. The number of aliphatic hydroxyl groups excluding tert-OH is 1. The Morgan fingerprint density at radius 2 is 2.14 bits per heavy atom. The van der Waals surface area contributed by atoms with Crippen molar-refractivity contribution in [1.82, 2.24) is 9.88 Å². The third-order valence-electron chi connectivity index (χ3n) is 5.01. The second-order valence-electron chi connectivity index (χ2n) is 7.23. The summed E-state index contributed by atoms with van der Waals surface area (Å²) in [6.45, 7) is 0.614. The third kappa shape index (κ3) is 6.24. The highest BCUT2D eigenvalue weighted by Crippen LogP contribution is 2.21. The first kappa shape index (κ1) is 21.2. The first-order valence-corrected chi connectivity index (χ1v) is 10.7. The summed E-state index contributed by atoms with van der Waals surface area (Å²) in [5, 5.41) is 19.4. The second-order valence-corrected chi connectivity index (χ2v) is 8.34. The van der Waals surface area contributed by atoms with Crippen molar-refractivity contribution in [2.45, 2.75) is 50.7 Å². The molecule has 0 saturated carbocycles. The van der Waals surface area contributed by atoms with Crippen molar-refractivity contribution < 1.29 is 19.8 Å². The van der Waals surface area contributed by atoms with Gasteiger partial charge in [-0.1, -0.05) is 42.5 Å². The zero-order valence-corrected chi connectivity index (χ0v) is 17.1. The molecular formula is C22H26N2O4S. The Balaban J connectivity index is 1.53. The topological polar surface area (TPSA) is 90.7 Å². The number of aryl methyl sites for hydroxylation is 1. The standard InChI is InChI=1S/C22H26N2O4S/c25-18(14-16-6-2-1-3-7-16)12-11-17-8-4-10-20(26)24(17)13-5-9-19-15-23-21(29-19)22(27)28/h1-3,6-7,11-12,15,17-18,25H,4-5,8-10,13-14H2,(H,27,28)/b12-11+/t17-,18+/m1/s1. The molecule has 0 bridgehead atoms. The first-order valence-electron chi connectivity index (χ1n) is 9.90. The lowest BCUT2D eigenvalue weighted by Gasteiger charge is -2.34. The second kappa shape index (κ2) is 10.3. The summed E-state index contributed by atoms with van der Waals surface area (Å²) in [4.78, 5) is 30.0. The van der Waals surface area contributed by atoms with E-state index in [9.17, 15) is 14.7 Å². The number of hydrogen-bond acceptors (Lipinski definition) is 5. The highest BCUT2D eigenvalue weighted by molar-refractivity contribution is 7.13. The lowest BCUT2D eigenvalue weighted by Crippen LogP contribution is -2.43. The quantitative estimate of drug-likeness (QED) is 0.615. The van der Waals surface area contributed by atoms with Crippen LogP contribution in [0.3, 0.4) is 0 Å². The van der Waals surface area contributed by atoms with Crippen LogP contribution in [0.5, 0.6) is 0 Å². The number of carboxylic acid groups (broad SMARTS) is 1. The van der Waals surface area contributed by atoms with E-state index in [1.165, 1.54) is 11.3 Å². The van der Waals surface area contributed by atoms with Gasteiger partial charge in [0, 0.05) is 30.5 Å². The van der Waals surface area contributed by atoms with Gasteiger partial charge in [-0.05, 0) is 31.2 Å². The molecule has 2 N–H and O–H groups in total. The maximum absolute atomic E-state index is 12.4. The predicted octanol–water partition coefficient (Wildman–Crippen LogP) is 3.31. The van der Waals surface area contributed by atoms with Crippen LogP contribution in [-0.2, 0) is 17.6 Å². The fraction of sp³-hybridized carbons (Fsp3) is 0.409. The smallest absolute Gasteiger partial charge is 0.365 e. The molecule has 0 radical (unpaired) electrons. The van der Waals surface area contributed by atoms with Crippen LogP contribution in [0.4, 0.5) is 0 Å². The average molecular weight is 415 g/mol. The molecule has 29 heavy (non-hydrogen) atoms. The van der Waals surface area contributed by atoms with Crippen molar-refractivity contribution in [2.75, 3.05) is 6.54 Å². The number of carboxylic acids is 1. The molecule has 154 valence electrons. The van der Waals surface area contributed by atoms with Crippen LogP contribution in [0.2, 0.25) is 0 Å². The van der Waals surface area contributed by atoms with Gasteiger partial charge in [-0.15, -0.1) is 11.3 Å². The van der Waals surface area contributed by atoms with E-state index >= 15 is 0 Å². The van der Waals surface area contributed by atoms with E-state index in [2.05, 4.69) is 4.98 Å². The maximum Gasteiger partial charge on any atom is 0.365 e.